The first kappa shape index (κ1) is 31.7. The summed E-state index contributed by atoms with van der Waals surface area (Å²) in [5.74, 6) is -0.504. The van der Waals surface area contributed by atoms with Gasteiger partial charge in [-0.25, -0.2) is 4.79 Å². The molecule has 0 radical (unpaired) electrons. The summed E-state index contributed by atoms with van der Waals surface area (Å²) in [6.45, 7) is 15.6. The molecule has 0 aliphatic rings. The number of alkyl carbamates (subject to hydrolysis) is 1. The van der Waals surface area contributed by atoms with E-state index in [0.29, 0.717) is 25.1 Å². The number of rotatable bonds is 10. The zero-order chi connectivity index (χ0) is 30.3. The van der Waals surface area contributed by atoms with E-state index in [1.807, 2.05) is 95.3 Å². The highest BCUT2D eigenvalue weighted by molar-refractivity contribution is 6.00. The molecule has 0 aliphatic carbocycles. The van der Waals surface area contributed by atoms with E-state index in [9.17, 15) is 14.4 Å². The summed E-state index contributed by atoms with van der Waals surface area (Å²) in [7, 11) is 0. The molecule has 0 aromatic heterocycles. The SMILES string of the molecule is CCCN(C(=O)C(CC(C)C)NC(=O)OC(C)(C)C)C(C(=O)Nc1ccc2ccccc2c1)c1cccc(C)c1C. The Morgan fingerprint density at radius 1 is 0.927 bits per heavy atom. The minimum absolute atomic E-state index is 0.118. The van der Waals surface area contributed by atoms with Crippen LogP contribution in [0.3, 0.4) is 0 Å². The third-order valence-electron chi connectivity index (χ3n) is 6.96. The number of ether oxygens (including phenoxy) is 1. The van der Waals surface area contributed by atoms with Crippen LogP contribution in [-0.4, -0.2) is 41.0 Å². The van der Waals surface area contributed by atoms with Crippen LogP contribution >= 0.6 is 0 Å². The average molecular weight is 560 g/mol. The van der Waals surface area contributed by atoms with Crippen molar-refractivity contribution in [2.24, 2.45) is 5.92 Å². The maximum Gasteiger partial charge on any atom is 0.408 e. The smallest absolute Gasteiger partial charge is 0.408 e. The summed E-state index contributed by atoms with van der Waals surface area (Å²) in [5.41, 5.74) is 2.67. The molecule has 0 aliphatic heterocycles. The largest absolute Gasteiger partial charge is 0.444 e. The van der Waals surface area contributed by atoms with Gasteiger partial charge in [0.2, 0.25) is 5.91 Å². The number of nitrogens with one attached hydrogen (secondary N) is 2. The van der Waals surface area contributed by atoms with Gasteiger partial charge in [0.05, 0.1) is 0 Å². The van der Waals surface area contributed by atoms with Crippen molar-refractivity contribution in [2.45, 2.75) is 85.9 Å². The summed E-state index contributed by atoms with van der Waals surface area (Å²) < 4.78 is 5.48. The lowest BCUT2D eigenvalue weighted by Gasteiger charge is -2.35. The Morgan fingerprint density at radius 3 is 2.24 bits per heavy atom. The zero-order valence-electron chi connectivity index (χ0n) is 25.7. The fourth-order valence-electron chi connectivity index (χ4n) is 4.95. The number of carbonyl (C=O) groups is 3. The topological polar surface area (TPSA) is 87.7 Å². The lowest BCUT2D eigenvalue weighted by atomic mass is 9.94. The van der Waals surface area contributed by atoms with Crippen molar-refractivity contribution in [2.75, 3.05) is 11.9 Å². The first-order valence-corrected chi connectivity index (χ1v) is 14.5. The van der Waals surface area contributed by atoms with Gasteiger partial charge in [0.15, 0.2) is 0 Å². The molecular weight excluding hydrogens is 514 g/mol. The van der Waals surface area contributed by atoms with Crippen molar-refractivity contribution in [1.82, 2.24) is 10.2 Å². The van der Waals surface area contributed by atoms with Gasteiger partial charge in [0, 0.05) is 12.2 Å². The molecule has 7 nitrogen and oxygen atoms in total. The van der Waals surface area contributed by atoms with Crippen LogP contribution in [0.5, 0.6) is 0 Å². The molecule has 41 heavy (non-hydrogen) atoms. The van der Waals surface area contributed by atoms with Gasteiger partial charge >= 0.3 is 6.09 Å². The van der Waals surface area contributed by atoms with Crippen LogP contribution in [0.15, 0.2) is 60.7 Å². The molecule has 0 bridgehead atoms. The predicted molar refractivity (Wildman–Crippen MR) is 166 cm³/mol. The summed E-state index contributed by atoms with van der Waals surface area (Å²) in [5, 5.41) is 7.96. The normalized spacial score (nSPS) is 13.0. The van der Waals surface area contributed by atoms with E-state index in [1.54, 1.807) is 25.7 Å². The Morgan fingerprint density at radius 2 is 1.61 bits per heavy atom. The maximum absolute atomic E-state index is 14.3. The number of nitrogens with zero attached hydrogens (tertiary/aromatic N) is 1. The molecule has 3 aromatic carbocycles. The van der Waals surface area contributed by atoms with E-state index in [2.05, 4.69) is 10.6 Å². The van der Waals surface area contributed by atoms with Crippen LogP contribution in [0, 0.1) is 19.8 Å². The molecule has 0 heterocycles. The van der Waals surface area contributed by atoms with Crippen LogP contribution in [0.25, 0.3) is 10.8 Å². The maximum atomic E-state index is 14.3. The summed E-state index contributed by atoms with van der Waals surface area (Å²) in [6, 6.07) is 17.8. The molecule has 0 saturated carbocycles. The number of fused-ring (bicyclic) bond motifs is 1. The second-order valence-corrected chi connectivity index (χ2v) is 12.1. The number of hydrogen-bond acceptors (Lipinski definition) is 4. The lowest BCUT2D eigenvalue weighted by Crippen LogP contribution is -2.53. The van der Waals surface area contributed by atoms with E-state index in [1.165, 1.54) is 0 Å². The monoisotopic (exact) mass is 559 g/mol. The van der Waals surface area contributed by atoms with Crippen molar-refractivity contribution in [3.05, 3.63) is 77.4 Å². The Kier molecular flexibility index (Phi) is 10.5. The van der Waals surface area contributed by atoms with E-state index >= 15 is 0 Å². The van der Waals surface area contributed by atoms with Crippen molar-refractivity contribution >= 4 is 34.4 Å². The minimum Gasteiger partial charge on any atom is -0.444 e. The Bertz CT molecular complexity index is 1380. The van der Waals surface area contributed by atoms with Crippen LogP contribution in [-0.2, 0) is 14.3 Å². The molecular formula is C34H45N3O4. The molecule has 3 aromatic rings. The molecule has 7 heteroatoms. The van der Waals surface area contributed by atoms with E-state index in [0.717, 1.165) is 27.5 Å². The van der Waals surface area contributed by atoms with Gasteiger partial charge in [0.1, 0.15) is 17.7 Å². The summed E-state index contributed by atoms with van der Waals surface area (Å²) in [4.78, 5) is 42.8. The highest BCUT2D eigenvalue weighted by Crippen LogP contribution is 2.30. The molecule has 0 fully saturated rings. The van der Waals surface area contributed by atoms with Gasteiger partial charge in [-0.3, -0.25) is 9.59 Å². The van der Waals surface area contributed by atoms with Gasteiger partial charge in [-0.2, -0.15) is 0 Å². The van der Waals surface area contributed by atoms with Crippen molar-refractivity contribution in [1.29, 1.82) is 0 Å². The molecule has 0 spiro atoms. The average Bonchev–Trinajstić information content (AvgIpc) is 2.88. The van der Waals surface area contributed by atoms with Crippen molar-refractivity contribution in [3.8, 4) is 0 Å². The summed E-state index contributed by atoms with van der Waals surface area (Å²) in [6.07, 6.45) is 0.387. The summed E-state index contributed by atoms with van der Waals surface area (Å²) >= 11 is 0. The lowest BCUT2D eigenvalue weighted by molar-refractivity contribution is -0.141. The minimum atomic E-state index is -0.899. The fourth-order valence-corrected chi connectivity index (χ4v) is 4.95. The number of aryl methyl sites for hydroxylation is 1. The third-order valence-corrected chi connectivity index (χ3v) is 6.96. The quantitative estimate of drug-likeness (QED) is 0.273. The van der Waals surface area contributed by atoms with E-state index in [4.69, 9.17) is 4.74 Å². The van der Waals surface area contributed by atoms with Crippen LogP contribution in [0.1, 0.15) is 77.1 Å². The van der Waals surface area contributed by atoms with Crippen LogP contribution in [0.4, 0.5) is 10.5 Å². The van der Waals surface area contributed by atoms with Crippen molar-refractivity contribution < 1.29 is 19.1 Å². The molecule has 220 valence electrons. The van der Waals surface area contributed by atoms with Gasteiger partial charge in [0.25, 0.3) is 5.91 Å². The fraction of sp³-hybridized carbons (Fsp3) is 0.441. The first-order valence-electron chi connectivity index (χ1n) is 14.5. The Labute approximate surface area is 244 Å². The van der Waals surface area contributed by atoms with Gasteiger partial charge < -0.3 is 20.3 Å². The molecule has 2 N–H and O–H groups in total. The number of benzene rings is 3. The number of amides is 3. The molecule has 2 atom stereocenters. The molecule has 3 rings (SSSR count). The van der Waals surface area contributed by atoms with Gasteiger partial charge in [-0.1, -0.05) is 69.3 Å². The second kappa shape index (κ2) is 13.7. The van der Waals surface area contributed by atoms with Crippen LogP contribution < -0.4 is 10.6 Å². The predicted octanol–water partition coefficient (Wildman–Crippen LogP) is 7.31. The zero-order valence-corrected chi connectivity index (χ0v) is 25.7. The Balaban J connectivity index is 2.04. The van der Waals surface area contributed by atoms with E-state index < -0.39 is 23.8 Å². The Hall–Kier alpha value is -3.87. The van der Waals surface area contributed by atoms with Crippen LogP contribution in [0.2, 0.25) is 0 Å². The first-order chi connectivity index (χ1) is 19.3. The molecule has 0 saturated heterocycles. The highest BCUT2D eigenvalue weighted by atomic mass is 16.6. The van der Waals surface area contributed by atoms with Gasteiger partial charge in [-0.15, -0.1) is 0 Å². The highest BCUT2D eigenvalue weighted by Gasteiger charge is 2.37. The number of carbonyl (C=O) groups excluding carboxylic acids is 3. The molecule has 2 unspecified atom stereocenters. The standard InChI is InChI=1S/C34H45N3O4/c1-9-19-37(32(39)29(20-22(2)3)36-33(40)41-34(6,7)8)30(28-16-12-13-23(4)24(28)5)31(38)35-27-18-17-25-14-10-11-15-26(25)21-27/h10-18,21-22,29-30H,9,19-20H2,1-8H3,(H,35,38)(H,36,40). The third kappa shape index (κ3) is 8.56. The number of hydrogen-bond donors (Lipinski definition) is 2. The number of anilines is 1. The second-order valence-electron chi connectivity index (χ2n) is 12.1. The van der Waals surface area contributed by atoms with Gasteiger partial charge in [-0.05, 0) is 93.0 Å². The molecule has 3 amide bonds. The van der Waals surface area contributed by atoms with Crippen molar-refractivity contribution in [3.63, 3.8) is 0 Å². The van der Waals surface area contributed by atoms with E-state index in [-0.39, 0.29) is 17.7 Å².